The number of aromatic nitrogens is 2. The summed E-state index contributed by atoms with van der Waals surface area (Å²) in [6.45, 7) is 4.34. The van der Waals surface area contributed by atoms with Gasteiger partial charge in [0.15, 0.2) is 11.6 Å². The van der Waals surface area contributed by atoms with E-state index in [1.165, 1.54) is 6.33 Å². The Morgan fingerprint density at radius 2 is 1.73 bits per heavy atom. The van der Waals surface area contributed by atoms with Crippen LogP contribution in [-0.4, -0.2) is 22.5 Å². The number of hydrogen-bond acceptors (Lipinski definition) is 7. The smallest absolute Gasteiger partial charge is 0.338 e. The van der Waals surface area contributed by atoms with Crippen LogP contribution < -0.4 is 16.4 Å². The fourth-order valence-electron chi connectivity index (χ4n) is 2.47. The summed E-state index contributed by atoms with van der Waals surface area (Å²) in [6.07, 6.45) is 1.37. The lowest BCUT2D eigenvalue weighted by Gasteiger charge is -2.14. The largest absolute Gasteiger partial charge is 0.462 e. The summed E-state index contributed by atoms with van der Waals surface area (Å²) in [5.74, 6) is 0.702. The van der Waals surface area contributed by atoms with Gasteiger partial charge in [0.2, 0.25) is 0 Å². The second kappa shape index (κ2) is 9.65. The maximum Gasteiger partial charge on any atom is 0.338 e. The van der Waals surface area contributed by atoms with Gasteiger partial charge >= 0.3 is 5.97 Å². The molecule has 3 aromatic rings. The molecule has 1 heterocycles. The van der Waals surface area contributed by atoms with E-state index in [1.807, 2.05) is 13.8 Å². The molecule has 0 radical (unpaired) electrons. The molecule has 0 atom stereocenters. The maximum atomic E-state index is 12.0. The van der Waals surface area contributed by atoms with Crippen molar-refractivity contribution in [2.24, 2.45) is 5.92 Å². The van der Waals surface area contributed by atoms with Crippen LogP contribution >= 0.6 is 23.2 Å². The number of rotatable bonds is 7. The van der Waals surface area contributed by atoms with E-state index in [4.69, 9.17) is 33.7 Å². The molecule has 2 aromatic carbocycles. The summed E-state index contributed by atoms with van der Waals surface area (Å²) in [5.41, 5.74) is 8.26. The first-order chi connectivity index (χ1) is 14.3. The molecule has 4 N–H and O–H groups in total. The van der Waals surface area contributed by atoms with Gasteiger partial charge in [0.05, 0.1) is 27.9 Å². The van der Waals surface area contributed by atoms with Crippen molar-refractivity contribution >= 4 is 57.9 Å². The molecule has 0 fully saturated rings. The number of anilines is 5. The zero-order chi connectivity index (χ0) is 21.7. The van der Waals surface area contributed by atoms with Crippen LogP contribution in [0, 0.1) is 5.92 Å². The number of nitrogens with zero attached hydrogens (tertiary/aromatic N) is 2. The summed E-state index contributed by atoms with van der Waals surface area (Å²) >= 11 is 12.3. The highest BCUT2D eigenvalue weighted by atomic mass is 35.5. The van der Waals surface area contributed by atoms with Crippen molar-refractivity contribution < 1.29 is 9.53 Å². The fourth-order valence-corrected chi connectivity index (χ4v) is 2.82. The Kier molecular flexibility index (Phi) is 6.97. The molecule has 0 spiro atoms. The van der Waals surface area contributed by atoms with Crippen molar-refractivity contribution in [3.8, 4) is 0 Å². The maximum absolute atomic E-state index is 12.0. The zero-order valence-corrected chi connectivity index (χ0v) is 18.0. The molecule has 0 aliphatic heterocycles. The van der Waals surface area contributed by atoms with Crippen LogP contribution in [0.15, 0.2) is 48.8 Å². The third-order valence-electron chi connectivity index (χ3n) is 4.02. The number of nitrogens with one attached hydrogen (secondary N) is 2. The number of halogens is 2. The van der Waals surface area contributed by atoms with Crippen molar-refractivity contribution in [1.29, 1.82) is 0 Å². The normalized spacial score (nSPS) is 10.7. The molecule has 0 aliphatic carbocycles. The second-order valence-electron chi connectivity index (χ2n) is 6.91. The second-order valence-corrected chi connectivity index (χ2v) is 7.69. The van der Waals surface area contributed by atoms with Crippen LogP contribution in [0.4, 0.5) is 28.7 Å². The summed E-state index contributed by atoms with van der Waals surface area (Å²) in [6, 6.07) is 12.1. The lowest BCUT2D eigenvalue weighted by Crippen LogP contribution is -2.10. The van der Waals surface area contributed by atoms with E-state index in [0.717, 1.165) is 0 Å². The van der Waals surface area contributed by atoms with Crippen molar-refractivity contribution in [1.82, 2.24) is 9.97 Å². The van der Waals surface area contributed by atoms with Crippen molar-refractivity contribution in [2.75, 3.05) is 23.0 Å². The quantitative estimate of drug-likeness (QED) is 0.402. The molecule has 0 aliphatic rings. The lowest BCUT2D eigenvalue weighted by molar-refractivity contribution is 0.0459. The first-order valence-corrected chi connectivity index (χ1v) is 9.96. The molecule has 0 bridgehead atoms. The predicted molar refractivity (Wildman–Crippen MR) is 121 cm³/mol. The van der Waals surface area contributed by atoms with E-state index < -0.39 is 0 Å². The molecule has 1 aromatic heterocycles. The number of nitrogen functional groups attached to an aromatic ring is 1. The van der Waals surface area contributed by atoms with E-state index in [2.05, 4.69) is 20.6 Å². The average Bonchev–Trinajstić information content (AvgIpc) is 2.73. The molecule has 7 nitrogen and oxygen atoms in total. The minimum absolute atomic E-state index is 0.278. The first-order valence-electron chi connectivity index (χ1n) is 9.21. The van der Waals surface area contributed by atoms with Crippen LogP contribution in [0.3, 0.4) is 0 Å². The highest BCUT2D eigenvalue weighted by molar-refractivity contribution is 6.43. The lowest BCUT2D eigenvalue weighted by atomic mass is 10.2. The Morgan fingerprint density at radius 3 is 2.40 bits per heavy atom. The molecule has 0 amide bonds. The summed E-state index contributed by atoms with van der Waals surface area (Å²) < 4.78 is 5.23. The number of carbonyl (C=O) groups is 1. The van der Waals surface area contributed by atoms with Gasteiger partial charge in [0.1, 0.15) is 12.0 Å². The monoisotopic (exact) mass is 445 g/mol. The van der Waals surface area contributed by atoms with Gasteiger partial charge < -0.3 is 21.1 Å². The van der Waals surface area contributed by atoms with Gasteiger partial charge in [-0.1, -0.05) is 43.1 Å². The Morgan fingerprint density at radius 1 is 1.07 bits per heavy atom. The van der Waals surface area contributed by atoms with E-state index in [1.54, 1.807) is 42.5 Å². The molecule has 3 rings (SSSR count). The van der Waals surface area contributed by atoms with Gasteiger partial charge in [-0.25, -0.2) is 14.8 Å². The minimum atomic E-state index is -0.360. The minimum Gasteiger partial charge on any atom is -0.462 e. The van der Waals surface area contributed by atoms with Gasteiger partial charge in [-0.05, 0) is 42.3 Å². The zero-order valence-electron chi connectivity index (χ0n) is 16.4. The molecule has 0 saturated heterocycles. The third-order valence-corrected chi connectivity index (χ3v) is 4.84. The van der Waals surface area contributed by atoms with Crippen LogP contribution in [0.5, 0.6) is 0 Å². The Labute approximate surface area is 184 Å². The Bertz CT molecular complexity index is 1040. The van der Waals surface area contributed by atoms with E-state index >= 15 is 0 Å². The highest BCUT2D eigenvalue weighted by Crippen LogP contribution is 2.34. The number of hydrogen-bond donors (Lipinski definition) is 3. The number of carbonyl (C=O) groups excluding carboxylic acids is 1. The molecule has 30 heavy (non-hydrogen) atoms. The number of esters is 1. The van der Waals surface area contributed by atoms with Crippen molar-refractivity contribution in [3.05, 3.63) is 64.4 Å². The molecular formula is C21H21Cl2N5O2. The molecule has 0 saturated carbocycles. The predicted octanol–water partition coefficient (Wildman–Crippen LogP) is 5.67. The average molecular weight is 446 g/mol. The Balaban J connectivity index is 1.74. The molecule has 156 valence electrons. The number of nitrogens with two attached hydrogens (primary N) is 1. The van der Waals surface area contributed by atoms with E-state index in [0.29, 0.717) is 50.9 Å². The topological polar surface area (TPSA) is 102 Å². The highest BCUT2D eigenvalue weighted by Gasteiger charge is 2.12. The van der Waals surface area contributed by atoms with Crippen LogP contribution in [0.2, 0.25) is 10.0 Å². The standard InChI is InChI=1S/C21H21Cl2N5O2/c1-12(2)10-30-21(29)13-6-8-14(9-7-13)27-19-18(24)20(26-11-25-19)28-16-5-3-4-15(22)17(16)23/h3-9,11-12H,10,24H2,1-2H3,(H2,25,26,27,28). The summed E-state index contributed by atoms with van der Waals surface area (Å²) in [4.78, 5) is 20.4. The molecule has 9 heteroatoms. The van der Waals surface area contributed by atoms with Gasteiger partial charge in [-0.2, -0.15) is 0 Å². The van der Waals surface area contributed by atoms with Crippen molar-refractivity contribution in [2.45, 2.75) is 13.8 Å². The third kappa shape index (κ3) is 5.31. The Hall–Kier alpha value is -3.03. The van der Waals surface area contributed by atoms with Gasteiger partial charge in [0.25, 0.3) is 0 Å². The summed E-state index contributed by atoms with van der Waals surface area (Å²) in [7, 11) is 0. The first kappa shape index (κ1) is 21.7. The van der Waals surface area contributed by atoms with Crippen LogP contribution in [-0.2, 0) is 4.74 Å². The molecule has 0 unspecified atom stereocenters. The number of ether oxygens (including phenoxy) is 1. The van der Waals surface area contributed by atoms with Crippen LogP contribution in [0.25, 0.3) is 0 Å². The number of benzene rings is 2. The SMILES string of the molecule is CC(C)COC(=O)c1ccc(Nc2ncnc(Nc3cccc(Cl)c3Cl)c2N)cc1. The van der Waals surface area contributed by atoms with Gasteiger partial charge in [-0.3, -0.25) is 0 Å². The fraction of sp³-hybridized carbons (Fsp3) is 0.190. The van der Waals surface area contributed by atoms with Gasteiger partial charge in [-0.15, -0.1) is 0 Å². The van der Waals surface area contributed by atoms with Crippen molar-refractivity contribution in [3.63, 3.8) is 0 Å². The van der Waals surface area contributed by atoms with Crippen LogP contribution in [0.1, 0.15) is 24.2 Å². The molecular weight excluding hydrogens is 425 g/mol. The van der Waals surface area contributed by atoms with E-state index in [-0.39, 0.29) is 11.9 Å². The summed E-state index contributed by atoms with van der Waals surface area (Å²) in [5, 5.41) is 6.96. The van der Waals surface area contributed by atoms with Gasteiger partial charge in [0, 0.05) is 5.69 Å². The van der Waals surface area contributed by atoms with E-state index in [9.17, 15) is 4.79 Å².